The lowest BCUT2D eigenvalue weighted by Gasteiger charge is -2.47. The molecule has 0 saturated carbocycles. The summed E-state index contributed by atoms with van der Waals surface area (Å²) < 4.78 is 32.9. The van der Waals surface area contributed by atoms with Gasteiger partial charge in [0.05, 0.1) is 17.4 Å². The summed E-state index contributed by atoms with van der Waals surface area (Å²) in [6.45, 7) is 3.96. The standard InChI is InChI=1S/C21H26N2O4S/c1-15-8-9-16(2)19(10-15)28(25,26)23-13-21(14-23,20(24)22-3)12-17-6-5-7-18(11-17)27-4/h5-11H,12-14H2,1-4H3,(H,22,24). The number of hydrogen-bond donors (Lipinski definition) is 1. The SMILES string of the molecule is CNC(=O)C1(Cc2cccc(OC)c2)CN(S(=O)(=O)c2cc(C)ccc2C)C1. The summed E-state index contributed by atoms with van der Waals surface area (Å²) in [4.78, 5) is 12.9. The number of carbonyl (C=O) groups is 1. The normalized spacial score (nSPS) is 16.3. The van der Waals surface area contributed by atoms with Crippen LogP contribution in [0.3, 0.4) is 0 Å². The molecule has 0 unspecified atom stereocenters. The maximum Gasteiger partial charge on any atom is 0.243 e. The monoisotopic (exact) mass is 402 g/mol. The minimum Gasteiger partial charge on any atom is -0.497 e. The van der Waals surface area contributed by atoms with Crippen LogP contribution in [0.2, 0.25) is 0 Å². The molecular weight excluding hydrogens is 376 g/mol. The van der Waals surface area contributed by atoms with Crippen molar-refractivity contribution in [2.75, 3.05) is 27.2 Å². The van der Waals surface area contributed by atoms with E-state index < -0.39 is 15.4 Å². The van der Waals surface area contributed by atoms with Crippen molar-refractivity contribution in [1.29, 1.82) is 0 Å². The van der Waals surface area contributed by atoms with E-state index in [0.717, 1.165) is 11.1 Å². The predicted octanol–water partition coefficient (Wildman–Crippen LogP) is 2.29. The highest BCUT2D eigenvalue weighted by Crippen LogP contribution is 2.39. The smallest absolute Gasteiger partial charge is 0.243 e. The summed E-state index contributed by atoms with van der Waals surface area (Å²) in [5, 5.41) is 2.70. The average molecular weight is 403 g/mol. The van der Waals surface area contributed by atoms with Crippen LogP contribution < -0.4 is 10.1 Å². The number of aryl methyl sites for hydroxylation is 2. The van der Waals surface area contributed by atoms with E-state index in [9.17, 15) is 13.2 Å². The van der Waals surface area contributed by atoms with E-state index in [1.54, 1.807) is 27.1 Å². The molecule has 0 aliphatic carbocycles. The lowest BCUT2D eigenvalue weighted by atomic mass is 9.75. The molecule has 1 saturated heterocycles. The highest BCUT2D eigenvalue weighted by atomic mass is 32.2. The number of nitrogens with zero attached hydrogens (tertiary/aromatic N) is 1. The average Bonchev–Trinajstić information content (AvgIpc) is 2.65. The van der Waals surface area contributed by atoms with Crippen LogP contribution >= 0.6 is 0 Å². The lowest BCUT2D eigenvalue weighted by molar-refractivity contribution is -0.137. The van der Waals surface area contributed by atoms with E-state index in [2.05, 4.69) is 5.32 Å². The van der Waals surface area contributed by atoms with Gasteiger partial charge in [0, 0.05) is 20.1 Å². The Balaban J connectivity index is 1.87. The molecule has 1 N–H and O–H groups in total. The number of rotatable bonds is 6. The molecule has 0 atom stereocenters. The predicted molar refractivity (Wildman–Crippen MR) is 108 cm³/mol. The minimum absolute atomic E-state index is 0.150. The molecule has 1 amide bonds. The van der Waals surface area contributed by atoms with E-state index in [0.29, 0.717) is 22.6 Å². The number of benzene rings is 2. The van der Waals surface area contributed by atoms with Crippen molar-refractivity contribution in [3.05, 3.63) is 59.2 Å². The van der Waals surface area contributed by atoms with E-state index >= 15 is 0 Å². The summed E-state index contributed by atoms with van der Waals surface area (Å²) in [6.07, 6.45) is 0.447. The van der Waals surface area contributed by atoms with Crippen molar-refractivity contribution in [2.24, 2.45) is 5.41 Å². The Kier molecular flexibility index (Phi) is 5.50. The number of methoxy groups -OCH3 is 1. The second kappa shape index (κ2) is 7.56. The van der Waals surface area contributed by atoms with E-state index in [1.807, 2.05) is 43.3 Å². The van der Waals surface area contributed by atoms with Gasteiger partial charge in [-0.1, -0.05) is 24.3 Å². The van der Waals surface area contributed by atoms with Crippen LogP contribution in [-0.2, 0) is 21.2 Å². The first-order valence-corrected chi connectivity index (χ1v) is 10.6. The number of sulfonamides is 1. The highest BCUT2D eigenvalue weighted by Gasteiger charge is 2.53. The zero-order valence-corrected chi connectivity index (χ0v) is 17.5. The summed E-state index contributed by atoms with van der Waals surface area (Å²) in [7, 11) is -0.471. The van der Waals surface area contributed by atoms with Gasteiger partial charge in [-0.25, -0.2) is 8.42 Å². The first-order chi connectivity index (χ1) is 13.2. The van der Waals surface area contributed by atoms with Crippen molar-refractivity contribution < 1.29 is 17.9 Å². The van der Waals surface area contributed by atoms with Gasteiger partial charge in [0.15, 0.2) is 0 Å². The maximum atomic E-state index is 13.1. The van der Waals surface area contributed by atoms with E-state index in [4.69, 9.17) is 4.74 Å². The fourth-order valence-electron chi connectivity index (χ4n) is 3.70. The largest absolute Gasteiger partial charge is 0.497 e. The molecule has 1 fully saturated rings. The van der Waals surface area contributed by atoms with Gasteiger partial charge in [-0.2, -0.15) is 4.31 Å². The third-order valence-corrected chi connectivity index (χ3v) is 7.24. The van der Waals surface area contributed by atoms with Crippen molar-refractivity contribution in [2.45, 2.75) is 25.2 Å². The van der Waals surface area contributed by atoms with Crippen molar-refractivity contribution >= 4 is 15.9 Å². The quantitative estimate of drug-likeness (QED) is 0.804. The Morgan fingerprint density at radius 2 is 1.89 bits per heavy atom. The molecule has 7 heteroatoms. The summed E-state index contributed by atoms with van der Waals surface area (Å²) in [6, 6.07) is 12.9. The van der Waals surface area contributed by atoms with Gasteiger partial charge in [-0.3, -0.25) is 4.79 Å². The topological polar surface area (TPSA) is 75.7 Å². The molecule has 2 aromatic carbocycles. The van der Waals surface area contributed by atoms with Crippen LogP contribution in [0.15, 0.2) is 47.4 Å². The lowest BCUT2D eigenvalue weighted by Crippen LogP contribution is -2.65. The fraction of sp³-hybridized carbons (Fsp3) is 0.381. The number of carbonyl (C=O) groups excluding carboxylic acids is 1. The van der Waals surface area contributed by atoms with Crippen LogP contribution in [0.25, 0.3) is 0 Å². The number of hydrogen-bond acceptors (Lipinski definition) is 4. The summed E-state index contributed by atoms with van der Waals surface area (Å²) in [5.74, 6) is 0.562. The van der Waals surface area contributed by atoms with E-state index in [1.165, 1.54) is 4.31 Å². The van der Waals surface area contributed by atoms with Gasteiger partial charge >= 0.3 is 0 Å². The molecule has 0 radical (unpaired) electrons. The molecule has 0 spiro atoms. The number of nitrogens with one attached hydrogen (secondary N) is 1. The summed E-state index contributed by atoms with van der Waals surface area (Å²) in [5.41, 5.74) is 1.74. The molecule has 2 aromatic rings. The van der Waals surface area contributed by atoms with Crippen LogP contribution in [0.5, 0.6) is 5.75 Å². The molecule has 0 aromatic heterocycles. The molecular formula is C21H26N2O4S. The minimum atomic E-state index is -3.64. The third-order valence-electron chi connectivity index (χ3n) is 5.30. The Morgan fingerprint density at radius 3 is 2.54 bits per heavy atom. The van der Waals surface area contributed by atoms with Crippen LogP contribution in [0, 0.1) is 19.3 Å². The van der Waals surface area contributed by atoms with Gasteiger partial charge in [0.1, 0.15) is 5.75 Å². The molecule has 150 valence electrons. The molecule has 1 heterocycles. The van der Waals surface area contributed by atoms with Crippen LogP contribution in [0.1, 0.15) is 16.7 Å². The highest BCUT2D eigenvalue weighted by molar-refractivity contribution is 7.89. The first-order valence-electron chi connectivity index (χ1n) is 9.14. The van der Waals surface area contributed by atoms with Gasteiger partial charge in [-0.15, -0.1) is 0 Å². The Bertz CT molecular complexity index is 995. The van der Waals surface area contributed by atoms with Crippen LogP contribution in [0.4, 0.5) is 0 Å². The summed E-state index contributed by atoms with van der Waals surface area (Å²) >= 11 is 0. The second-order valence-electron chi connectivity index (χ2n) is 7.43. The van der Waals surface area contributed by atoms with Crippen molar-refractivity contribution in [1.82, 2.24) is 9.62 Å². The van der Waals surface area contributed by atoms with Gasteiger partial charge in [0.25, 0.3) is 0 Å². The molecule has 3 rings (SSSR count). The molecule has 1 aliphatic rings. The Hall–Kier alpha value is -2.38. The molecule has 1 aliphatic heterocycles. The zero-order chi connectivity index (χ0) is 20.5. The third kappa shape index (κ3) is 3.64. The van der Waals surface area contributed by atoms with Crippen LogP contribution in [-0.4, -0.2) is 45.9 Å². The van der Waals surface area contributed by atoms with Crippen molar-refractivity contribution in [3.63, 3.8) is 0 Å². The number of ether oxygens (including phenoxy) is 1. The zero-order valence-electron chi connectivity index (χ0n) is 16.7. The first kappa shape index (κ1) is 20.4. The fourth-order valence-corrected chi connectivity index (χ4v) is 5.62. The second-order valence-corrected chi connectivity index (χ2v) is 9.34. The van der Waals surface area contributed by atoms with Gasteiger partial charge in [0.2, 0.25) is 15.9 Å². The Morgan fingerprint density at radius 1 is 1.18 bits per heavy atom. The molecule has 6 nitrogen and oxygen atoms in total. The Labute approximate surface area is 166 Å². The maximum absolute atomic E-state index is 13.1. The van der Waals surface area contributed by atoms with E-state index in [-0.39, 0.29) is 19.0 Å². The van der Waals surface area contributed by atoms with Gasteiger partial charge < -0.3 is 10.1 Å². The van der Waals surface area contributed by atoms with Gasteiger partial charge in [-0.05, 0) is 55.2 Å². The number of amides is 1. The van der Waals surface area contributed by atoms with Crippen molar-refractivity contribution in [3.8, 4) is 5.75 Å². The molecule has 28 heavy (non-hydrogen) atoms. The molecule has 0 bridgehead atoms.